The highest BCUT2D eigenvalue weighted by Gasteiger charge is 2.16. The summed E-state index contributed by atoms with van der Waals surface area (Å²) in [4.78, 5) is 28.5. The number of rotatable bonds is 7. The second kappa shape index (κ2) is 10.1. The number of hydrogen-bond acceptors (Lipinski definition) is 4. The Balaban J connectivity index is 1.56. The first-order chi connectivity index (χ1) is 14.1. The second-order valence-corrected chi connectivity index (χ2v) is 7.55. The number of anilines is 2. The fourth-order valence-corrected chi connectivity index (χ4v) is 3.73. The maximum atomic E-state index is 12.4. The van der Waals surface area contributed by atoms with Crippen LogP contribution < -0.4 is 15.5 Å². The quantitative estimate of drug-likeness (QED) is 0.757. The number of carbonyl (C=O) groups is 2. The molecule has 6 heteroatoms. The molecule has 0 atom stereocenters. The molecule has 154 valence electrons. The van der Waals surface area contributed by atoms with Crippen molar-refractivity contribution in [3.8, 4) is 0 Å². The molecule has 2 aromatic carbocycles. The molecule has 6 nitrogen and oxygen atoms in total. The molecule has 1 heterocycles. The number of hydrogen-bond donors (Lipinski definition) is 2. The van der Waals surface area contributed by atoms with E-state index in [2.05, 4.69) is 39.8 Å². The van der Waals surface area contributed by atoms with Crippen molar-refractivity contribution >= 4 is 23.2 Å². The van der Waals surface area contributed by atoms with Gasteiger partial charge in [0.15, 0.2) is 0 Å². The third kappa shape index (κ3) is 5.81. The van der Waals surface area contributed by atoms with Crippen molar-refractivity contribution in [3.05, 3.63) is 59.7 Å². The lowest BCUT2D eigenvalue weighted by molar-refractivity contribution is -0.117. The van der Waals surface area contributed by atoms with Gasteiger partial charge in [0.25, 0.3) is 5.91 Å². The Morgan fingerprint density at radius 2 is 1.69 bits per heavy atom. The summed E-state index contributed by atoms with van der Waals surface area (Å²) in [5, 5.41) is 5.48. The molecule has 1 saturated heterocycles. The standard InChI is InChI=1S/C23H30N4O2/c1-24-23(29)18-10-12-20(13-11-18)25-22(28)17-26(2)16-19-8-4-5-9-21(19)27-14-6-3-7-15-27/h4-5,8-13H,3,6-7,14-17H2,1-2H3,(H,24,29)(H,25,28). The van der Waals surface area contributed by atoms with Gasteiger partial charge < -0.3 is 15.5 Å². The van der Waals surface area contributed by atoms with Gasteiger partial charge in [0, 0.05) is 43.6 Å². The molecule has 3 rings (SSSR count). The minimum absolute atomic E-state index is 0.0735. The van der Waals surface area contributed by atoms with Crippen LogP contribution in [0.1, 0.15) is 35.2 Å². The fourth-order valence-electron chi connectivity index (χ4n) is 3.73. The van der Waals surface area contributed by atoms with Crippen molar-refractivity contribution in [1.82, 2.24) is 10.2 Å². The summed E-state index contributed by atoms with van der Waals surface area (Å²) in [5.41, 5.74) is 3.78. The van der Waals surface area contributed by atoms with Crippen LogP contribution in [0.25, 0.3) is 0 Å². The second-order valence-electron chi connectivity index (χ2n) is 7.55. The van der Waals surface area contributed by atoms with Gasteiger partial charge in [-0.25, -0.2) is 0 Å². The van der Waals surface area contributed by atoms with E-state index in [0.717, 1.165) is 19.6 Å². The molecule has 0 aromatic heterocycles. The summed E-state index contributed by atoms with van der Waals surface area (Å²) in [6.45, 7) is 3.22. The lowest BCUT2D eigenvalue weighted by atomic mass is 10.1. The molecular formula is C23H30N4O2. The summed E-state index contributed by atoms with van der Waals surface area (Å²) in [6, 6.07) is 15.4. The van der Waals surface area contributed by atoms with Gasteiger partial charge in [0.05, 0.1) is 6.54 Å². The van der Waals surface area contributed by atoms with E-state index < -0.39 is 0 Å². The number of benzene rings is 2. The summed E-state index contributed by atoms with van der Waals surface area (Å²) in [6.07, 6.45) is 3.79. The Morgan fingerprint density at radius 3 is 2.38 bits per heavy atom. The van der Waals surface area contributed by atoms with Crippen LogP contribution in [-0.2, 0) is 11.3 Å². The van der Waals surface area contributed by atoms with Crippen LogP contribution in [0.5, 0.6) is 0 Å². The van der Waals surface area contributed by atoms with Crippen molar-refractivity contribution in [3.63, 3.8) is 0 Å². The number of para-hydroxylation sites is 1. The largest absolute Gasteiger partial charge is 0.371 e. The van der Waals surface area contributed by atoms with Crippen LogP contribution in [-0.4, -0.2) is 50.4 Å². The van der Waals surface area contributed by atoms with Gasteiger partial charge in [-0.2, -0.15) is 0 Å². The number of amides is 2. The zero-order valence-electron chi connectivity index (χ0n) is 17.3. The zero-order chi connectivity index (χ0) is 20.6. The predicted molar refractivity (Wildman–Crippen MR) is 117 cm³/mol. The Bertz CT molecular complexity index is 829. The molecule has 2 N–H and O–H groups in total. The van der Waals surface area contributed by atoms with Crippen LogP contribution in [0.15, 0.2) is 48.5 Å². The highest BCUT2D eigenvalue weighted by atomic mass is 16.2. The summed E-state index contributed by atoms with van der Waals surface area (Å²) in [7, 11) is 3.55. The lowest BCUT2D eigenvalue weighted by Gasteiger charge is -2.31. The molecule has 1 aliphatic heterocycles. The van der Waals surface area contributed by atoms with Crippen LogP contribution in [0, 0.1) is 0 Å². The summed E-state index contributed by atoms with van der Waals surface area (Å²) >= 11 is 0. The van der Waals surface area contributed by atoms with Crippen molar-refractivity contribution < 1.29 is 9.59 Å². The van der Waals surface area contributed by atoms with E-state index in [-0.39, 0.29) is 11.8 Å². The molecule has 2 amide bonds. The van der Waals surface area contributed by atoms with Gasteiger partial charge in [-0.3, -0.25) is 14.5 Å². The van der Waals surface area contributed by atoms with Crippen LogP contribution in [0.3, 0.4) is 0 Å². The first-order valence-electron chi connectivity index (χ1n) is 10.2. The van der Waals surface area contributed by atoms with Crippen molar-refractivity contribution in [2.45, 2.75) is 25.8 Å². The maximum Gasteiger partial charge on any atom is 0.251 e. The van der Waals surface area contributed by atoms with E-state index in [9.17, 15) is 9.59 Å². The Hall–Kier alpha value is -2.86. The monoisotopic (exact) mass is 394 g/mol. The molecule has 29 heavy (non-hydrogen) atoms. The number of carbonyl (C=O) groups excluding carboxylic acids is 2. The van der Waals surface area contributed by atoms with Crippen molar-refractivity contribution in [2.24, 2.45) is 0 Å². The van der Waals surface area contributed by atoms with Gasteiger partial charge in [-0.05, 0) is 62.2 Å². The fraction of sp³-hybridized carbons (Fsp3) is 0.391. The number of nitrogens with zero attached hydrogens (tertiary/aromatic N) is 2. The third-order valence-electron chi connectivity index (χ3n) is 5.20. The zero-order valence-corrected chi connectivity index (χ0v) is 17.3. The van der Waals surface area contributed by atoms with E-state index in [1.807, 2.05) is 11.9 Å². The molecule has 0 radical (unpaired) electrons. The third-order valence-corrected chi connectivity index (χ3v) is 5.20. The average molecular weight is 395 g/mol. The first-order valence-corrected chi connectivity index (χ1v) is 10.2. The van der Waals surface area contributed by atoms with E-state index in [1.165, 1.54) is 30.5 Å². The number of piperidine rings is 1. The lowest BCUT2D eigenvalue weighted by Crippen LogP contribution is -2.33. The predicted octanol–water partition coefficient (Wildman–Crippen LogP) is 3.11. The normalized spacial score (nSPS) is 14.0. The SMILES string of the molecule is CNC(=O)c1ccc(NC(=O)CN(C)Cc2ccccc2N2CCCCC2)cc1. The van der Waals surface area contributed by atoms with Crippen LogP contribution in [0.2, 0.25) is 0 Å². The van der Waals surface area contributed by atoms with Crippen molar-refractivity contribution in [1.29, 1.82) is 0 Å². The molecule has 1 aliphatic rings. The van der Waals surface area contributed by atoms with Crippen LogP contribution >= 0.6 is 0 Å². The van der Waals surface area contributed by atoms with E-state index in [0.29, 0.717) is 17.8 Å². The highest BCUT2D eigenvalue weighted by molar-refractivity contribution is 5.96. The molecule has 0 unspecified atom stereocenters. The average Bonchev–Trinajstić information content (AvgIpc) is 2.74. The van der Waals surface area contributed by atoms with E-state index in [1.54, 1.807) is 31.3 Å². The Morgan fingerprint density at radius 1 is 1.00 bits per heavy atom. The van der Waals surface area contributed by atoms with E-state index in [4.69, 9.17) is 0 Å². The Labute approximate surface area is 172 Å². The van der Waals surface area contributed by atoms with Gasteiger partial charge in [0.1, 0.15) is 0 Å². The molecule has 2 aromatic rings. The van der Waals surface area contributed by atoms with Gasteiger partial charge in [0.2, 0.25) is 5.91 Å². The molecule has 0 bridgehead atoms. The molecule has 0 aliphatic carbocycles. The summed E-state index contributed by atoms with van der Waals surface area (Å²) in [5.74, 6) is -0.217. The highest BCUT2D eigenvalue weighted by Crippen LogP contribution is 2.25. The minimum Gasteiger partial charge on any atom is -0.371 e. The molecule has 1 fully saturated rings. The first kappa shape index (κ1) is 20.9. The van der Waals surface area contributed by atoms with Crippen molar-refractivity contribution in [2.75, 3.05) is 43.9 Å². The van der Waals surface area contributed by atoms with Crippen LogP contribution in [0.4, 0.5) is 11.4 Å². The van der Waals surface area contributed by atoms with Gasteiger partial charge >= 0.3 is 0 Å². The molecular weight excluding hydrogens is 364 g/mol. The number of nitrogens with one attached hydrogen (secondary N) is 2. The molecule has 0 spiro atoms. The van der Waals surface area contributed by atoms with Gasteiger partial charge in [-0.1, -0.05) is 18.2 Å². The summed E-state index contributed by atoms with van der Waals surface area (Å²) < 4.78 is 0. The maximum absolute atomic E-state index is 12.4. The smallest absolute Gasteiger partial charge is 0.251 e. The molecule has 0 saturated carbocycles. The Kier molecular flexibility index (Phi) is 7.25. The van der Waals surface area contributed by atoms with E-state index >= 15 is 0 Å². The topological polar surface area (TPSA) is 64.7 Å². The number of likely N-dealkylation sites (N-methyl/N-ethyl adjacent to an activating group) is 1. The van der Waals surface area contributed by atoms with Gasteiger partial charge in [-0.15, -0.1) is 0 Å². The minimum atomic E-state index is -0.144.